The first-order valence-corrected chi connectivity index (χ1v) is 9.79. The van der Waals surface area contributed by atoms with Gasteiger partial charge in [0.1, 0.15) is 12.4 Å². The second-order valence-corrected chi connectivity index (χ2v) is 7.46. The number of rotatable bonds is 9. The van der Waals surface area contributed by atoms with Gasteiger partial charge in [0.05, 0.1) is 13.2 Å². The van der Waals surface area contributed by atoms with Crippen molar-refractivity contribution in [2.45, 2.75) is 13.1 Å². The first-order valence-electron chi connectivity index (χ1n) is 9.79. The third kappa shape index (κ3) is 6.44. The molecule has 0 atom stereocenters. The van der Waals surface area contributed by atoms with E-state index < -0.39 is 0 Å². The lowest BCUT2D eigenvalue weighted by Crippen LogP contribution is -2.37. The second kappa shape index (κ2) is 10.4. The molecule has 1 fully saturated rings. The van der Waals surface area contributed by atoms with E-state index in [1.165, 1.54) is 5.56 Å². The molecule has 2 aromatic rings. The van der Waals surface area contributed by atoms with Crippen LogP contribution in [0.25, 0.3) is 0 Å². The number of nitrogens with zero attached hydrogens (tertiary/aromatic N) is 5. The van der Waals surface area contributed by atoms with Gasteiger partial charge in [-0.2, -0.15) is 0 Å². The van der Waals surface area contributed by atoms with E-state index in [9.17, 15) is 0 Å². The van der Waals surface area contributed by atoms with Crippen LogP contribution < -0.4 is 9.64 Å². The van der Waals surface area contributed by atoms with Crippen LogP contribution in [0.4, 0.5) is 5.95 Å². The van der Waals surface area contributed by atoms with Gasteiger partial charge < -0.3 is 19.3 Å². The molecular weight excluding hydrogens is 354 g/mol. The molecule has 1 aromatic carbocycles. The number of ether oxygens (including phenoxy) is 2. The molecule has 0 unspecified atom stereocenters. The maximum absolute atomic E-state index is 5.83. The number of aromatic nitrogens is 2. The summed E-state index contributed by atoms with van der Waals surface area (Å²) in [6.45, 7) is 6.44. The van der Waals surface area contributed by atoms with Gasteiger partial charge in [-0.3, -0.25) is 4.90 Å². The number of anilines is 1. The third-order valence-corrected chi connectivity index (χ3v) is 4.60. The van der Waals surface area contributed by atoms with Gasteiger partial charge in [-0.1, -0.05) is 12.1 Å². The molecule has 0 radical (unpaired) electrons. The van der Waals surface area contributed by atoms with E-state index in [4.69, 9.17) is 9.47 Å². The van der Waals surface area contributed by atoms with Gasteiger partial charge in [0.25, 0.3) is 0 Å². The van der Waals surface area contributed by atoms with Crippen molar-refractivity contribution >= 4 is 5.95 Å². The number of likely N-dealkylation sites (N-methyl/N-ethyl adjacent to an activating group) is 1. The molecule has 1 saturated heterocycles. The van der Waals surface area contributed by atoms with Crippen LogP contribution in [-0.2, 0) is 17.8 Å². The van der Waals surface area contributed by atoms with E-state index in [0.29, 0.717) is 6.61 Å². The Morgan fingerprint density at radius 2 is 1.75 bits per heavy atom. The quantitative estimate of drug-likeness (QED) is 0.653. The standard InChI is InChI=1S/C21H31N5O2/c1-24(2)7-12-28-20-6-4-5-18(13-20)16-25(3)17-19-14-22-21(23-15-19)26-8-10-27-11-9-26/h4-6,13-15H,7-12,16-17H2,1-3H3. The SMILES string of the molecule is CN(C)CCOc1cccc(CN(C)Cc2cnc(N3CCOCC3)nc2)c1. The zero-order chi connectivity index (χ0) is 19.8. The molecule has 152 valence electrons. The molecule has 0 N–H and O–H groups in total. The van der Waals surface area contributed by atoms with Crippen molar-refractivity contribution in [3.05, 3.63) is 47.8 Å². The predicted molar refractivity (Wildman–Crippen MR) is 111 cm³/mol. The van der Waals surface area contributed by atoms with Crippen molar-refractivity contribution in [1.82, 2.24) is 19.8 Å². The van der Waals surface area contributed by atoms with E-state index in [1.54, 1.807) is 0 Å². The largest absolute Gasteiger partial charge is 0.492 e. The predicted octanol–water partition coefficient (Wildman–Crippen LogP) is 1.89. The van der Waals surface area contributed by atoms with E-state index in [-0.39, 0.29) is 0 Å². The highest BCUT2D eigenvalue weighted by molar-refractivity contribution is 5.30. The number of benzene rings is 1. The monoisotopic (exact) mass is 385 g/mol. The van der Waals surface area contributed by atoms with E-state index in [0.717, 1.165) is 63.2 Å². The van der Waals surface area contributed by atoms with Crippen LogP contribution in [0.15, 0.2) is 36.7 Å². The van der Waals surface area contributed by atoms with Crippen molar-refractivity contribution in [2.75, 3.05) is 65.5 Å². The Morgan fingerprint density at radius 3 is 2.46 bits per heavy atom. The van der Waals surface area contributed by atoms with Crippen LogP contribution in [-0.4, -0.2) is 80.4 Å². The average molecular weight is 386 g/mol. The second-order valence-electron chi connectivity index (χ2n) is 7.46. The lowest BCUT2D eigenvalue weighted by atomic mass is 10.2. The van der Waals surface area contributed by atoms with Crippen molar-refractivity contribution in [3.63, 3.8) is 0 Å². The molecule has 0 spiro atoms. The maximum atomic E-state index is 5.83. The van der Waals surface area contributed by atoms with Crippen LogP contribution in [0.2, 0.25) is 0 Å². The molecular formula is C21H31N5O2. The molecule has 7 heteroatoms. The molecule has 1 aliphatic rings. The van der Waals surface area contributed by atoms with E-state index in [1.807, 2.05) is 32.6 Å². The Labute approximate surface area is 167 Å². The molecule has 1 aromatic heterocycles. The maximum Gasteiger partial charge on any atom is 0.225 e. The van der Waals surface area contributed by atoms with E-state index >= 15 is 0 Å². The number of hydrogen-bond acceptors (Lipinski definition) is 7. The molecule has 0 amide bonds. The summed E-state index contributed by atoms with van der Waals surface area (Å²) < 4.78 is 11.2. The van der Waals surface area contributed by atoms with Crippen LogP contribution in [0, 0.1) is 0 Å². The Kier molecular flexibility index (Phi) is 7.59. The molecule has 0 bridgehead atoms. The van der Waals surface area contributed by atoms with Crippen LogP contribution in [0.3, 0.4) is 0 Å². The molecule has 0 aliphatic carbocycles. The van der Waals surface area contributed by atoms with Crippen LogP contribution >= 0.6 is 0 Å². The summed E-state index contributed by atoms with van der Waals surface area (Å²) >= 11 is 0. The van der Waals surface area contributed by atoms with Gasteiger partial charge in [0, 0.05) is 50.7 Å². The highest BCUT2D eigenvalue weighted by Gasteiger charge is 2.13. The Bertz CT molecular complexity index is 717. The molecule has 1 aliphatic heterocycles. The Morgan fingerprint density at radius 1 is 1.04 bits per heavy atom. The van der Waals surface area contributed by atoms with Crippen LogP contribution in [0.5, 0.6) is 5.75 Å². The zero-order valence-corrected chi connectivity index (χ0v) is 17.2. The van der Waals surface area contributed by atoms with Gasteiger partial charge in [-0.15, -0.1) is 0 Å². The summed E-state index contributed by atoms with van der Waals surface area (Å²) in [5.74, 6) is 1.71. The van der Waals surface area contributed by atoms with Gasteiger partial charge in [0.2, 0.25) is 5.95 Å². The first kappa shape index (κ1) is 20.5. The minimum atomic E-state index is 0.694. The lowest BCUT2D eigenvalue weighted by Gasteiger charge is -2.26. The summed E-state index contributed by atoms with van der Waals surface area (Å²) in [4.78, 5) is 15.6. The van der Waals surface area contributed by atoms with Crippen molar-refractivity contribution in [2.24, 2.45) is 0 Å². The third-order valence-electron chi connectivity index (χ3n) is 4.60. The average Bonchev–Trinajstić information content (AvgIpc) is 2.69. The summed E-state index contributed by atoms with van der Waals surface area (Å²) in [5.41, 5.74) is 2.34. The molecule has 28 heavy (non-hydrogen) atoms. The lowest BCUT2D eigenvalue weighted by molar-refractivity contribution is 0.122. The first-order chi connectivity index (χ1) is 13.6. The smallest absolute Gasteiger partial charge is 0.225 e. The Hall–Kier alpha value is -2.22. The molecule has 0 saturated carbocycles. The zero-order valence-electron chi connectivity index (χ0n) is 17.2. The minimum absolute atomic E-state index is 0.694. The molecule has 7 nitrogen and oxygen atoms in total. The summed E-state index contributed by atoms with van der Waals surface area (Å²) in [5, 5.41) is 0. The number of hydrogen-bond donors (Lipinski definition) is 0. The van der Waals surface area contributed by atoms with Crippen molar-refractivity contribution in [3.8, 4) is 5.75 Å². The van der Waals surface area contributed by atoms with Gasteiger partial charge in [0.15, 0.2) is 0 Å². The normalized spacial score (nSPS) is 14.7. The summed E-state index contributed by atoms with van der Waals surface area (Å²) in [7, 11) is 6.20. The van der Waals surface area contributed by atoms with Crippen molar-refractivity contribution < 1.29 is 9.47 Å². The van der Waals surface area contributed by atoms with Crippen molar-refractivity contribution in [1.29, 1.82) is 0 Å². The van der Waals surface area contributed by atoms with Crippen LogP contribution in [0.1, 0.15) is 11.1 Å². The summed E-state index contributed by atoms with van der Waals surface area (Å²) in [6.07, 6.45) is 3.85. The van der Waals surface area contributed by atoms with Gasteiger partial charge >= 0.3 is 0 Å². The summed E-state index contributed by atoms with van der Waals surface area (Å²) in [6, 6.07) is 8.31. The molecule has 3 rings (SSSR count). The molecule has 2 heterocycles. The van der Waals surface area contributed by atoms with E-state index in [2.05, 4.69) is 49.9 Å². The van der Waals surface area contributed by atoms with Gasteiger partial charge in [-0.25, -0.2) is 9.97 Å². The fourth-order valence-corrected chi connectivity index (χ4v) is 3.12. The van der Waals surface area contributed by atoms with Gasteiger partial charge in [-0.05, 0) is 38.8 Å². The minimum Gasteiger partial charge on any atom is -0.492 e. The highest BCUT2D eigenvalue weighted by atomic mass is 16.5. The fraction of sp³-hybridized carbons (Fsp3) is 0.524. The fourth-order valence-electron chi connectivity index (χ4n) is 3.12. The Balaban J connectivity index is 1.50. The topological polar surface area (TPSA) is 54.0 Å². The number of morpholine rings is 1. The highest BCUT2D eigenvalue weighted by Crippen LogP contribution is 2.16.